The van der Waals surface area contributed by atoms with Crippen molar-refractivity contribution in [2.45, 2.75) is 13.3 Å². The van der Waals surface area contributed by atoms with Gasteiger partial charge in [0.1, 0.15) is 0 Å². The number of carbonyl (C=O) groups excluding carboxylic acids is 2. The van der Waals surface area contributed by atoms with Gasteiger partial charge < -0.3 is 15.1 Å². The normalized spacial score (nSPS) is 14.3. The van der Waals surface area contributed by atoms with Crippen LogP contribution in [0.1, 0.15) is 23.7 Å². The smallest absolute Gasteiger partial charge is 0.253 e. The van der Waals surface area contributed by atoms with Crippen LogP contribution in [0, 0.1) is 0 Å². The largest absolute Gasteiger partial charge is 0.368 e. The summed E-state index contributed by atoms with van der Waals surface area (Å²) in [5.41, 5.74) is 2.67. The molecule has 1 aliphatic rings. The van der Waals surface area contributed by atoms with E-state index in [1.807, 2.05) is 66.4 Å². The molecule has 1 fully saturated rings. The second kappa shape index (κ2) is 7.83. The number of amides is 2. The van der Waals surface area contributed by atoms with Crippen molar-refractivity contribution < 1.29 is 9.59 Å². The molecule has 2 amide bonds. The average molecular weight is 337 g/mol. The van der Waals surface area contributed by atoms with Crippen molar-refractivity contribution in [2.24, 2.45) is 0 Å². The SMILES string of the molecule is CCC(=O)Nc1ccc(N2CCN(C(=O)c3ccccc3)CC2)cc1. The third-order valence-corrected chi connectivity index (χ3v) is 4.42. The van der Waals surface area contributed by atoms with Crippen LogP contribution in [0.15, 0.2) is 54.6 Å². The van der Waals surface area contributed by atoms with Gasteiger partial charge in [0.25, 0.3) is 5.91 Å². The monoisotopic (exact) mass is 337 g/mol. The molecule has 25 heavy (non-hydrogen) atoms. The highest BCUT2D eigenvalue weighted by atomic mass is 16.2. The van der Waals surface area contributed by atoms with E-state index in [9.17, 15) is 9.59 Å². The predicted molar refractivity (Wildman–Crippen MR) is 99.9 cm³/mol. The molecule has 0 radical (unpaired) electrons. The van der Waals surface area contributed by atoms with Crippen LogP contribution in [0.4, 0.5) is 11.4 Å². The van der Waals surface area contributed by atoms with Crippen molar-refractivity contribution >= 4 is 23.2 Å². The van der Waals surface area contributed by atoms with Crippen molar-refractivity contribution in [3.8, 4) is 0 Å². The Hall–Kier alpha value is -2.82. The highest BCUT2D eigenvalue weighted by Gasteiger charge is 2.22. The van der Waals surface area contributed by atoms with Crippen LogP contribution in [-0.2, 0) is 4.79 Å². The van der Waals surface area contributed by atoms with E-state index < -0.39 is 0 Å². The number of carbonyl (C=O) groups is 2. The first kappa shape index (κ1) is 17.0. The Balaban J connectivity index is 1.57. The van der Waals surface area contributed by atoms with Crippen LogP contribution < -0.4 is 10.2 Å². The second-order valence-corrected chi connectivity index (χ2v) is 6.09. The lowest BCUT2D eigenvalue weighted by Crippen LogP contribution is -2.48. The Morgan fingerprint density at radius 1 is 0.920 bits per heavy atom. The molecule has 3 rings (SSSR count). The molecule has 0 bridgehead atoms. The number of rotatable bonds is 4. The summed E-state index contributed by atoms with van der Waals surface area (Å²) in [5, 5.41) is 2.85. The lowest BCUT2D eigenvalue weighted by molar-refractivity contribution is -0.115. The molecule has 1 heterocycles. The van der Waals surface area contributed by atoms with Crippen LogP contribution in [0.5, 0.6) is 0 Å². The van der Waals surface area contributed by atoms with Gasteiger partial charge in [0.2, 0.25) is 5.91 Å². The summed E-state index contributed by atoms with van der Waals surface area (Å²) in [5.74, 6) is 0.110. The van der Waals surface area contributed by atoms with Gasteiger partial charge in [-0.3, -0.25) is 9.59 Å². The third-order valence-electron chi connectivity index (χ3n) is 4.42. The number of piperazine rings is 1. The summed E-state index contributed by atoms with van der Waals surface area (Å²) < 4.78 is 0. The number of benzene rings is 2. The molecule has 2 aromatic rings. The first-order valence-corrected chi connectivity index (χ1v) is 8.66. The summed E-state index contributed by atoms with van der Waals surface area (Å²) in [6.07, 6.45) is 0.471. The molecule has 5 heteroatoms. The van der Waals surface area contributed by atoms with Gasteiger partial charge in [0.05, 0.1) is 0 Å². The van der Waals surface area contributed by atoms with Gasteiger partial charge in [-0.2, -0.15) is 0 Å². The molecule has 130 valence electrons. The first-order valence-electron chi connectivity index (χ1n) is 8.66. The zero-order valence-corrected chi connectivity index (χ0v) is 14.4. The van der Waals surface area contributed by atoms with Crippen molar-refractivity contribution in [2.75, 3.05) is 36.4 Å². The van der Waals surface area contributed by atoms with E-state index in [0.717, 1.165) is 30.0 Å². The van der Waals surface area contributed by atoms with Crippen LogP contribution in [-0.4, -0.2) is 42.9 Å². The van der Waals surface area contributed by atoms with E-state index in [-0.39, 0.29) is 11.8 Å². The fraction of sp³-hybridized carbons (Fsp3) is 0.300. The highest BCUT2D eigenvalue weighted by molar-refractivity contribution is 5.94. The highest BCUT2D eigenvalue weighted by Crippen LogP contribution is 2.20. The van der Waals surface area contributed by atoms with Crippen LogP contribution in [0.2, 0.25) is 0 Å². The number of hydrogen-bond donors (Lipinski definition) is 1. The summed E-state index contributed by atoms with van der Waals surface area (Å²) in [4.78, 5) is 28.1. The molecule has 0 aromatic heterocycles. The van der Waals surface area contributed by atoms with Crippen LogP contribution in [0.3, 0.4) is 0 Å². The second-order valence-electron chi connectivity index (χ2n) is 6.09. The molecule has 2 aromatic carbocycles. The fourth-order valence-corrected chi connectivity index (χ4v) is 2.94. The summed E-state index contributed by atoms with van der Waals surface area (Å²) >= 11 is 0. The molecule has 1 aliphatic heterocycles. The number of hydrogen-bond acceptors (Lipinski definition) is 3. The minimum Gasteiger partial charge on any atom is -0.368 e. The maximum absolute atomic E-state index is 12.5. The zero-order valence-electron chi connectivity index (χ0n) is 14.4. The van der Waals surface area contributed by atoms with Crippen molar-refractivity contribution in [1.82, 2.24) is 4.90 Å². The van der Waals surface area contributed by atoms with Gasteiger partial charge in [-0.1, -0.05) is 25.1 Å². The van der Waals surface area contributed by atoms with Crippen LogP contribution in [0.25, 0.3) is 0 Å². The van der Waals surface area contributed by atoms with E-state index in [0.29, 0.717) is 19.5 Å². The standard InChI is InChI=1S/C20H23N3O2/c1-2-19(24)21-17-8-10-18(11-9-17)22-12-14-23(15-13-22)20(25)16-6-4-3-5-7-16/h3-11H,2,12-15H2,1H3,(H,21,24). The van der Waals surface area contributed by atoms with Gasteiger partial charge in [-0.05, 0) is 36.4 Å². The van der Waals surface area contributed by atoms with Gasteiger partial charge in [0.15, 0.2) is 0 Å². The van der Waals surface area contributed by atoms with Gasteiger partial charge >= 0.3 is 0 Å². The third kappa shape index (κ3) is 4.18. The molecule has 0 aliphatic carbocycles. The Kier molecular flexibility index (Phi) is 5.33. The van der Waals surface area contributed by atoms with E-state index in [1.165, 1.54) is 0 Å². The van der Waals surface area contributed by atoms with Crippen molar-refractivity contribution in [1.29, 1.82) is 0 Å². The molecular weight excluding hydrogens is 314 g/mol. The molecule has 1 saturated heterocycles. The van der Waals surface area contributed by atoms with Gasteiger partial charge in [0, 0.05) is 49.5 Å². The number of anilines is 2. The number of nitrogens with one attached hydrogen (secondary N) is 1. The van der Waals surface area contributed by atoms with Gasteiger partial charge in [-0.25, -0.2) is 0 Å². The number of nitrogens with zero attached hydrogens (tertiary/aromatic N) is 2. The predicted octanol–water partition coefficient (Wildman–Crippen LogP) is 3.00. The van der Waals surface area contributed by atoms with E-state index in [4.69, 9.17) is 0 Å². The summed E-state index contributed by atoms with van der Waals surface area (Å²) in [6, 6.07) is 17.3. The van der Waals surface area contributed by atoms with Gasteiger partial charge in [-0.15, -0.1) is 0 Å². The van der Waals surface area contributed by atoms with E-state index >= 15 is 0 Å². The van der Waals surface area contributed by atoms with E-state index in [2.05, 4.69) is 10.2 Å². The summed E-state index contributed by atoms with van der Waals surface area (Å²) in [7, 11) is 0. The molecule has 0 saturated carbocycles. The van der Waals surface area contributed by atoms with Crippen LogP contribution >= 0.6 is 0 Å². The minimum atomic E-state index is 0.0146. The molecule has 0 spiro atoms. The Labute approximate surface area is 148 Å². The molecule has 1 N–H and O–H groups in total. The Bertz CT molecular complexity index is 720. The maximum Gasteiger partial charge on any atom is 0.253 e. The molecular formula is C20H23N3O2. The summed E-state index contributed by atoms with van der Waals surface area (Å²) in [6.45, 7) is 4.86. The first-order chi connectivity index (χ1) is 12.2. The molecule has 0 unspecified atom stereocenters. The lowest BCUT2D eigenvalue weighted by atomic mass is 10.1. The topological polar surface area (TPSA) is 52.7 Å². The molecule has 5 nitrogen and oxygen atoms in total. The minimum absolute atomic E-state index is 0.0146. The Morgan fingerprint density at radius 2 is 1.56 bits per heavy atom. The van der Waals surface area contributed by atoms with E-state index in [1.54, 1.807) is 0 Å². The Morgan fingerprint density at radius 3 is 2.16 bits per heavy atom. The average Bonchev–Trinajstić information content (AvgIpc) is 2.69. The van der Waals surface area contributed by atoms with Crippen molar-refractivity contribution in [3.63, 3.8) is 0 Å². The zero-order chi connectivity index (χ0) is 17.6. The maximum atomic E-state index is 12.5. The quantitative estimate of drug-likeness (QED) is 0.933. The van der Waals surface area contributed by atoms with Crippen molar-refractivity contribution in [3.05, 3.63) is 60.2 Å². The lowest BCUT2D eigenvalue weighted by Gasteiger charge is -2.36. The molecule has 0 atom stereocenters. The fourth-order valence-electron chi connectivity index (χ4n) is 2.94.